The van der Waals surface area contributed by atoms with Crippen LogP contribution in [0.25, 0.3) is 11.3 Å². The highest BCUT2D eigenvalue weighted by molar-refractivity contribution is 6.63. The molecule has 0 N–H and O–H groups in total. The molecule has 0 spiro atoms. The van der Waals surface area contributed by atoms with E-state index >= 15 is 0 Å². The number of carbonyl (C=O) groups excluding carboxylic acids is 1. The molecule has 6 nitrogen and oxygen atoms in total. The maximum Gasteiger partial charge on any atom is 0.498 e. The van der Waals surface area contributed by atoms with Gasteiger partial charge in [0.1, 0.15) is 5.54 Å². The number of hydrogen-bond acceptors (Lipinski definition) is 5. The summed E-state index contributed by atoms with van der Waals surface area (Å²) in [5, 5.41) is 5.37. The maximum atomic E-state index is 12.4. The van der Waals surface area contributed by atoms with E-state index in [0.29, 0.717) is 17.9 Å². The van der Waals surface area contributed by atoms with Gasteiger partial charge < -0.3 is 14.0 Å². The van der Waals surface area contributed by atoms with Crippen LogP contribution in [0.4, 0.5) is 0 Å². The van der Waals surface area contributed by atoms with E-state index in [4.69, 9.17) is 19.1 Å². The van der Waals surface area contributed by atoms with Crippen molar-refractivity contribution in [3.8, 4) is 11.3 Å². The van der Waals surface area contributed by atoms with Gasteiger partial charge in [0.2, 0.25) is 0 Å². The van der Waals surface area contributed by atoms with E-state index in [1.165, 1.54) is 0 Å². The first-order valence-corrected chi connectivity index (χ1v) is 15.1. The summed E-state index contributed by atoms with van der Waals surface area (Å²) < 4.78 is 20.5. The molecule has 0 radical (unpaired) electrons. The Hall–Kier alpha value is -4.46. The number of benzene rings is 4. The summed E-state index contributed by atoms with van der Waals surface area (Å²) >= 11 is 0. The molecule has 1 fully saturated rings. The third-order valence-electron chi connectivity index (χ3n) is 8.84. The summed E-state index contributed by atoms with van der Waals surface area (Å²) in [6, 6.07) is 38.7. The highest BCUT2D eigenvalue weighted by Gasteiger charge is 2.53. The molecule has 7 heteroatoms. The first-order chi connectivity index (χ1) is 21.2. The fraction of sp³-hybridized carbons (Fsp3) is 0.243. The number of carbonyl (C=O) groups is 1. The first-order valence-electron chi connectivity index (χ1n) is 15.1. The van der Waals surface area contributed by atoms with E-state index in [1.807, 2.05) is 62.7 Å². The van der Waals surface area contributed by atoms with Crippen LogP contribution in [0.2, 0.25) is 0 Å². The van der Waals surface area contributed by atoms with Gasteiger partial charge in [-0.05, 0) is 63.4 Å². The molecule has 0 atom stereocenters. The smallest absolute Gasteiger partial charge is 0.462 e. The minimum atomic E-state index is -0.814. The van der Waals surface area contributed by atoms with Crippen LogP contribution in [0.15, 0.2) is 121 Å². The summed E-state index contributed by atoms with van der Waals surface area (Å²) in [5.41, 5.74) is 4.12. The van der Waals surface area contributed by atoms with E-state index in [0.717, 1.165) is 27.7 Å². The molecule has 2 heterocycles. The Balaban J connectivity index is 1.62. The lowest BCUT2D eigenvalue weighted by molar-refractivity contribution is 0.00578. The van der Waals surface area contributed by atoms with Crippen molar-refractivity contribution in [2.24, 2.45) is 0 Å². The van der Waals surface area contributed by atoms with Crippen LogP contribution >= 0.6 is 0 Å². The van der Waals surface area contributed by atoms with Gasteiger partial charge >= 0.3 is 13.1 Å². The predicted octanol–water partition coefficient (Wildman–Crippen LogP) is 6.87. The van der Waals surface area contributed by atoms with Crippen molar-refractivity contribution in [1.29, 1.82) is 0 Å². The first kappa shape index (κ1) is 29.6. The van der Waals surface area contributed by atoms with Gasteiger partial charge in [0.05, 0.1) is 29.1 Å². The summed E-state index contributed by atoms with van der Waals surface area (Å²) in [7, 11) is -0.659. The Labute approximate surface area is 259 Å². The van der Waals surface area contributed by atoms with E-state index in [9.17, 15) is 4.79 Å². The van der Waals surface area contributed by atoms with Crippen molar-refractivity contribution in [1.82, 2.24) is 9.78 Å². The molecule has 1 aliphatic rings. The fourth-order valence-electron chi connectivity index (χ4n) is 5.84. The fourth-order valence-corrected chi connectivity index (χ4v) is 5.84. The topological polar surface area (TPSA) is 62.6 Å². The second kappa shape index (κ2) is 11.6. The zero-order chi connectivity index (χ0) is 31.0. The minimum absolute atomic E-state index is 0.317. The van der Waals surface area contributed by atoms with Gasteiger partial charge in [-0.2, -0.15) is 5.10 Å². The molecule has 0 aliphatic carbocycles. The highest BCUT2D eigenvalue weighted by Crippen LogP contribution is 2.42. The Morgan fingerprint density at radius 2 is 1.20 bits per heavy atom. The van der Waals surface area contributed by atoms with Crippen molar-refractivity contribution >= 4 is 18.6 Å². The molecule has 0 saturated carbocycles. The van der Waals surface area contributed by atoms with Crippen molar-refractivity contribution in [3.63, 3.8) is 0 Å². The number of rotatable bonds is 8. The monoisotopic (exact) mass is 584 g/mol. The quantitative estimate of drug-likeness (QED) is 0.113. The summed E-state index contributed by atoms with van der Waals surface area (Å²) in [4.78, 5) is 12.4. The number of ether oxygens (including phenoxy) is 1. The number of esters is 1. The zero-order valence-corrected chi connectivity index (χ0v) is 25.9. The lowest BCUT2D eigenvalue weighted by atomic mass is 9.76. The third kappa shape index (κ3) is 5.06. The van der Waals surface area contributed by atoms with Crippen LogP contribution in [-0.2, 0) is 19.6 Å². The van der Waals surface area contributed by atoms with Crippen molar-refractivity contribution in [3.05, 3.63) is 144 Å². The van der Waals surface area contributed by atoms with E-state index in [2.05, 4.69) is 79.0 Å². The molecule has 6 rings (SSSR count). The van der Waals surface area contributed by atoms with Crippen molar-refractivity contribution in [2.75, 3.05) is 6.61 Å². The van der Waals surface area contributed by atoms with Gasteiger partial charge in [-0.1, -0.05) is 103 Å². The Bertz CT molecular complexity index is 1620. The maximum absolute atomic E-state index is 12.4. The second-order valence-corrected chi connectivity index (χ2v) is 12.1. The molecule has 1 aromatic heterocycles. The normalized spacial score (nSPS) is 15.7. The third-order valence-corrected chi connectivity index (χ3v) is 8.84. The molecule has 222 valence electrons. The molecule has 1 saturated heterocycles. The van der Waals surface area contributed by atoms with Gasteiger partial charge in [0, 0.05) is 17.2 Å². The largest absolute Gasteiger partial charge is 0.498 e. The summed E-state index contributed by atoms with van der Waals surface area (Å²) in [6.07, 6.45) is 2.06. The molecular weight excluding hydrogens is 547 g/mol. The van der Waals surface area contributed by atoms with Crippen LogP contribution < -0.4 is 5.46 Å². The zero-order valence-electron chi connectivity index (χ0n) is 25.9. The molecule has 5 aromatic rings. The molecule has 1 aliphatic heterocycles. The molecule has 0 bridgehead atoms. The lowest BCUT2D eigenvalue weighted by Crippen LogP contribution is -2.41. The minimum Gasteiger partial charge on any atom is -0.462 e. The SMILES string of the molecule is CCOC(=O)c1ccc(-c2nn(C(c3ccccc3)(c3ccccc3)c3ccccc3)cc2B2OC(C)(C)C(C)(C)O2)cc1. The van der Waals surface area contributed by atoms with Crippen LogP contribution in [0.5, 0.6) is 0 Å². The lowest BCUT2D eigenvalue weighted by Gasteiger charge is -2.36. The van der Waals surface area contributed by atoms with Gasteiger partial charge in [0.15, 0.2) is 0 Å². The van der Waals surface area contributed by atoms with Crippen molar-refractivity contribution < 1.29 is 18.8 Å². The van der Waals surface area contributed by atoms with E-state index < -0.39 is 23.9 Å². The molecule has 44 heavy (non-hydrogen) atoms. The summed E-state index contributed by atoms with van der Waals surface area (Å²) in [5.74, 6) is -0.355. The average Bonchev–Trinajstić information content (AvgIpc) is 3.57. The van der Waals surface area contributed by atoms with Crippen LogP contribution in [-0.4, -0.2) is 40.7 Å². The van der Waals surface area contributed by atoms with Gasteiger partial charge in [-0.25, -0.2) is 4.79 Å². The van der Waals surface area contributed by atoms with Crippen LogP contribution in [0, 0.1) is 0 Å². The number of nitrogens with zero attached hydrogens (tertiary/aromatic N) is 2. The molecular formula is C37H37BN2O4. The molecule has 4 aromatic carbocycles. The summed E-state index contributed by atoms with van der Waals surface area (Å²) in [6.45, 7) is 10.3. The number of hydrogen-bond donors (Lipinski definition) is 0. The van der Waals surface area contributed by atoms with Gasteiger partial charge in [-0.15, -0.1) is 0 Å². The highest BCUT2D eigenvalue weighted by atomic mass is 16.7. The van der Waals surface area contributed by atoms with Crippen LogP contribution in [0.1, 0.15) is 61.7 Å². The standard InChI is InChI=1S/C37H37BN2O4/c1-6-42-34(41)28-24-22-27(23-25-28)33-32(38-43-35(2,3)36(4,5)44-38)26-40(39-33)37(29-16-10-7-11-17-29,30-18-12-8-13-19-30)31-20-14-9-15-21-31/h7-26H,6H2,1-5H3. The van der Waals surface area contributed by atoms with E-state index in [-0.39, 0.29) is 5.97 Å². The van der Waals surface area contributed by atoms with Gasteiger partial charge in [0.25, 0.3) is 0 Å². The molecule has 0 unspecified atom stereocenters. The Kier molecular flexibility index (Phi) is 7.78. The second-order valence-electron chi connectivity index (χ2n) is 12.1. The molecule has 0 amide bonds. The Morgan fingerprint density at radius 1 is 0.750 bits per heavy atom. The average molecular weight is 585 g/mol. The van der Waals surface area contributed by atoms with Gasteiger partial charge in [-0.3, -0.25) is 4.68 Å². The van der Waals surface area contributed by atoms with Crippen LogP contribution in [0.3, 0.4) is 0 Å². The van der Waals surface area contributed by atoms with Crippen molar-refractivity contribution in [2.45, 2.75) is 51.4 Å². The number of aromatic nitrogens is 2. The predicted molar refractivity (Wildman–Crippen MR) is 174 cm³/mol. The van der Waals surface area contributed by atoms with E-state index in [1.54, 1.807) is 19.1 Å². The Morgan fingerprint density at radius 3 is 1.64 bits per heavy atom.